The summed E-state index contributed by atoms with van der Waals surface area (Å²) in [5, 5.41) is 8.63. The van der Waals surface area contributed by atoms with Gasteiger partial charge >= 0.3 is 12.1 Å². The summed E-state index contributed by atoms with van der Waals surface area (Å²) in [6.07, 6.45) is -5.06. The van der Waals surface area contributed by atoms with Crippen molar-refractivity contribution in [3.8, 4) is 0 Å². The van der Waals surface area contributed by atoms with Crippen LogP contribution >= 0.6 is 15.9 Å². The van der Waals surface area contributed by atoms with Crippen molar-refractivity contribution in [1.29, 1.82) is 0 Å². The number of carbonyl (C=O) groups is 1. The molecule has 0 radical (unpaired) electrons. The predicted molar refractivity (Wildman–Crippen MR) is 59.2 cm³/mol. The maximum atomic E-state index is 13.6. The van der Waals surface area contributed by atoms with Crippen molar-refractivity contribution in [1.82, 2.24) is 0 Å². The highest BCUT2D eigenvalue weighted by atomic mass is 79.9. The van der Waals surface area contributed by atoms with Crippen LogP contribution in [-0.4, -0.2) is 31.4 Å². The van der Waals surface area contributed by atoms with E-state index in [0.717, 1.165) is 6.07 Å². The fourth-order valence-electron chi connectivity index (χ4n) is 1.24. The Hall–Kier alpha value is -1.16. The number of halogens is 5. The SMILES string of the molecule is O=C(O)c1cc(Br)cc(S(=O)(=O)CC(F)(F)F)c1F. The number of carboxylic acids is 1. The van der Waals surface area contributed by atoms with Gasteiger partial charge in [0.05, 0.1) is 5.56 Å². The van der Waals surface area contributed by atoms with E-state index in [0.29, 0.717) is 6.07 Å². The van der Waals surface area contributed by atoms with E-state index in [-0.39, 0.29) is 4.47 Å². The van der Waals surface area contributed by atoms with Gasteiger partial charge in [-0.05, 0) is 12.1 Å². The summed E-state index contributed by atoms with van der Waals surface area (Å²) in [6, 6.07) is 1.34. The fraction of sp³-hybridized carbons (Fsp3) is 0.222. The van der Waals surface area contributed by atoms with Crippen LogP contribution in [0.5, 0.6) is 0 Å². The zero-order valence-electron chi connectivity index (χ0n) is 8.83. The number of hydrogen-bond acceptors (Lipinski definition) is 3. The van der Waals surface area contributed by atoms with Crippen LogP contribution in [0.3, 0.4) is 0 Å². The van der Waals surface area contributed by atoms with Gasteiger partial charge in [0.15, 0.2) is 21.4 Å². The molecule has 1 aromatic rings. The van der Waals surface area contributed by atoms with Gasteiger partial charge in [-0.15, -0.1) is 0 Å². The highest BCUT2D eigenvalue weighted by molar-refractivity contribution is 9.10. The molecule has 10 heteroatoms. The van der Waals surface area contributed by atoms with Gasteiger partial charge in [0, 0.05) is 4.47 Å². The molecule has 19 heavy (non-hydrogen) atoms. The first-order valence-electron chi connectivity index (χ1n) is 4.46. The van der Waals surface area contributed by atoms with Crippen LogP contribution < -0.4 is 0 Å². The van der Waals surface area contributed by atoms with Crippen LogP contribution in [0, 0.1) is 5.82 Å². The molecule has 4 nitrogen and oxygen atoms in total. The molecule has 1 N–H and O–H groups in total. The minimum Gasteiger partial charge on any atom is -0.478 e. The quantitative estimate of drug-likeness (QED) is 0.836. The summed E-state index contributed by atoms with van der Waals surface area (Å²) >= 11 is 2.71. The van der Waals surface area contributed by atoms with Gasteiger partial charge in [-0.3, -0.25) is 0 Å². The standard InChI is InChI=1S/C9H5BrF4O4S/c10-4-1-5(8(15)16)7(11)6(2-4)19(17,18)3-9(12,13)14/h1-2H,3H2,(H,15,16). The third-order valence-corrected chi connectivity index (χ3v) is 4.06. The van der Waals surface area contributed by atoms with Crippen LogP contribution in [-0.2, 0) is 9.84 Å². The monoisotopic (exact) mass is 364 g/mol. The van der Waals surface area contributed by atoms with Crippen molar-refractivity contribution >= 4 is 31.7 Å². The van der Waals surface area contributed by atoms with Gasteiger partial charge < -0.3 is 5.11 Å². The number of carboxylic acid groups (broad SMARTS) is 1. The Balaban J connectivity index is 3.48. The largest absolute Gasteiger partial charge is 0.478 e. The number of hydrogen-bond donors (Lipinski definition) is 1. The van der Waals surface area contributed by atoms with Crippen LogP contribution in [0.2, 0.25) is 0 Å². The molecule has 0 unspecified atom stereocenters. The van der Waals surface area contributed by atoms with Crippen molar-refractivity contribution < 1.29 is 35.9 Å². The summed E-state index contributed by atoms with van der Waals surface area (Å²) in [6.45, 7) is 0. The molecule has 106 valence electrons. The average molecular weight is 365 g/mol. The zero-order valence-corrected chi connectivity index (χ0v) is 11.2. The molecule has 0 aliphatic rings. The number of benzene rings is 1. The summed E-state index contributed by atoms with van der Waals surface area (Å²) < 4.78 is 72.6. The third-order valence-electron chi connectivity index (χ3n) is 1.92. The van der Waals surface area contributed by atoms with Crippen molar-refractivity contribution in [3.05, 3.63) is 28.0 Å². The molecule has 0 aromatic heterocycles. The lowest BCUT2D eigenvalue weighted by molar-refractivity contribution is -0.106. The maximum Gasteiger partial charge on any atom is 0.403 e. The molecule has 0 spiro atoms. The molecule has 0 saturated carbocycles. The smallest absolute Gasteiger partial charge is 0.403 e. The Morgan fingerprint density at radius 1 is 1.32 bits per heavy atom. The fourth-order valence-corrected chi connectivity index (χ4v) is 3.12. The Bertz CT molecular complexity index is 624. The Morgan fingerprint density at radius 2 is 1.84 bits per heavy atom. The van der Waals surface area contributed by atoms with Crippen molar-refractivity contribution in [2.75, 3.05) is 5.75 Å². The van der Waals surface area contributed by atoms with E-state index in [2.05, 4.69) is 15.9 Å². The minimum atomic E-state index is -5.06. The van der Waals surface area contributed by atoms with Gasteiger partial charge in [-0.1, -0.05) is 15.9 Å². The van der Waals surface area contributed by atoms with Gasteiger partial charge in [0.25, 0.3) is 0 Å². The lowest BCUT2D eigenvalue weighted by atomic mass is 10.2. The van der Waals surface area contributed by atoms with E-state index in [4.69, 9.17) is 5.11 Å². The van der Waals surface area contributed by atoms with Gasteiger partial charge in [-0.2, -0.15) is 13.2 Å². The molecule has 0 aliphatic heterocycles. The molecule has 1 aromatic carbocycles. The Kier molecular flexibility index (Phi) is 4.25. The van der Waals surface area contributed by atoms with Crippen molar-refractivity contribution in [2.45, 2.75) is 11.1 Å². The van der Waals surface area contributed by atoms with Gasteiger partial charge in [-0.25, -0.2) is 17.6 Å². The van der Waals surface area contributed by atoms with Crippen LogP contribution in [0.15, 0.2) is 21.5 Å². The summed E-state index contributed by atoms with van der Waals surface area (Å²) in [5.74, 6) is -5.78. The third kappa shape index (κ3) is 3.90. The summed E-state index contributed by atoms with van der Waals surface area (Å²) in [5.41, 5.74) is -1.03. The number of alkyl halides is 3. The van der Waals surface area contributed by atoms with Gasteiger partial charge in [0.1, 0.15) is 4.90 Å². The highest BCUT2D eigenvalue weighted by Gasteiger charge is 2.38. The van der Waals surface area contributed by atoms with E-state index in [1.54, 1.807) is 0 Å². The molecule has 0 heterocycles. The van der Waals surface area contributed by atoms with E-state index in [1.165, 1.54) is 0 Å². The van der Waals surface area contributed by atoms with Gasteiger partial charge in [0.2, 0.25) is 0 Å². The van der Waals surface area contributed by atoms with Crippen molar-refractivity contribution in [3.63, 3.8) is 0 Å². The van der Waals surface area contributed by atoms with E-state index < -0.39 is 44.0 Å². The Labute approximate surface area is 113 Å². The lowest BCUT2D eigenvalue weighted by Crippen LogP contribution is -2.24. The first-order chi connectivity index (χ1) is 8.44. The van der Waals surface area contributed by atoms with E-state index >= 15 is 0 Å². The zero-order chi connectivity index (χ0) is 15.0. The molecular weight excluding hydrogens is 360 g/mol. The van der Waals surface area contributed by atoms with E-state index in [9.17, 15) is 30.8 Å². The second kappa shape index (κ2) is 5.08. The average Bonchev–Trinajstić information content (AvgIpc) is 2.16. The normalized spacial score (nSPS) is 12.5. The van der Waals surface area contributed by atoms with Crippen LogP contribution in [0.1, 0.15) is 10.4 Å². The molecule has 0 bridgehead atoms. The van der Waals surface area contributed by atoms with Crippen molar-refractivity contribution in [2.24, 2.45) is 0 Å². The first-order valence-corrected chi connectivity index (χ1v) is 6.90. The summed E-state index contributed by atoms with van der Waals surface area (Å²) in [7, 11) is -5.02. The second-order valence-corrected chi connectivity index (χ2v) is 6.32. The minimum absolute atomic E-state index is 0.160. The topological polar surface area (TPSA) is 71.4 Å². The van der Waals surface area contributed by atoms with Crippen LogP contribution in [0.4, 0.5) is 17.6 Å². The predicted octanol–water partition coefficient (Wildman–Crippen LogP) is 2.62. The number of aromatic carboxylic acids is 1. The molecular formula is C9H5BrF4O4S. The maximum absolute atomic E-state index is 13.6. The molecule has 0 amide bonds. The van der Waals surface area contributed by atoms with E-state index in [1.807, 2.05) is 0 Å². The second-order valence-electron chi connectivity index (χ2n) is 3.44. The highest BCUT2D eigenvalue weighted by Crippen LogP contribution is 2.28. The number of sulfone groups is 1. The molecule has 1 rings (SSSR count). The molecule has 0 aliphatic carbocycles. The first kappa shape index (κ1) is 15.9. The van der Waals surface area contributed by atoms with Crippen LogP contribution in [0.25, 0.3) is 0 Å². The molecule has 0 saturated heterocycles. The number of rotatable bonds is 3. The molecule has 0 atom stereocenters. The molecule has 0 fully saturated rings. The summed E-state index contributed by atoms with van der Waals surface area (Å²) in [4.78, 5) is 9.35. The Morgan fingerprint density at radius 3 is 2.26 bits per heavy atom. The lowest BCUT2D eigenvalue weighted by Gasteiger charge is -2.10.